The first kappa shape index (κ1) is 32.0. The second-order valence-corrected chi connectivity index (χ2v) is 12.1. The molecule has 0 saturated heterocycles. The molecule has 7 rings (SSSR count). The van der Waals surface area contributed by atoms with Crippen molar-refractivity contribution in [1.82, 2.24) is 19.6 Å². The minimum absolute atomic E-state index is 0.202. The summed E-state index contributed by atoms with van der Waals surface area (Å²) in [5, 5.41) is 9.53. The standard InChI is InChI=1S/C40H36N8O2/c1-26-25-36(47(42-26)30-17-9-7-10-18-30)44(5)39(49)32-21-13-15-23-34(32)41-29(4)46-28(3)37-27(2)43-48(31-19-11-8-12-20-31)38(37)45(6)40(50)33-22-14-16-24-35(33)46/h7-25H,3H2,1-2,4-6H3. The van der Waals surface area contributed by atoms with Crippen LogP contribution in [0.5, 0.6) is 0 Å². The van der Waals surface area contributed by atoms with Gasteiger partial charge in [-0.05, 0) is 69.3 Å². The maximum absolute atomic E-state index is 14.2. The highest BCUT2D eigenvalue weighted by molar-refractivity contribution is 6.19. The van der Waals surface area contributed by atoms with Gasteiger partial charge in [0, 0.05) is 20.2 Å². The summed E-state index contributed by atoms with van der Waals surface area (Å²) in [6.45, 7) is 10.2. The summed E-state index contributed by atoms with van der Waals surface area (Å²) in [7, 11) is 3.49. The monoisotopic (exact) mass is 660 g/mol. The normalized spacial score (nSPS) is 13.1. The SMILES string of the molecule is C=C1c2c(C)nn(-c3ccccc3)c2N(C)C(=O)c2ccccc2N1C(C)=Nc1ccccc1C(=O)N(C)c1cc(C)nn1-c1ccccc1. The summed E-state index contributed by atoms with van der Waals surface area (Å²) in [4.78, 5) is 38.6. The van der Waals surface area contributed by atoms with Gasteiger partial charge in [-0.25, -0.2) is 14.4 Å². The summed E-state index contributed by atoms with van der Waals surface area (Å²) in [6.07, 6.45) is 0. The molecule has 10 nitrogen and oxygen atoms in total. The Labute approximate surface area is 290 Å². The molecule has 0 atom stereocenters. The summed E-state index contributed by atoms with van der Waals surface area (Å²) in [6, 6.07) is 35.9. The molecular weight excluding hydrogens is 624 g/mol. The number of benzene rings is 4. The molecule has 0 N–H and O–H groups in total. The van der Waals surface area contributed by atoms with Crippen molar-refractivity contribution in [3.05, 3.63) is 150 Å². The molecular formula is C40H36N8O2. The number of fused-ring (bicyclic) bond motifs is 2. The van der Waals surface area contributed by atoms with Crippen molar-refractivity contribution in [2.45, 2.75) is 20.8 Å². The number of para-hydroxylation sites is 4. The fourth-order valence-corrected chi connectivity index (χ4v) is 6.41. The average Bonchev–Trinajstić information content (AvgIpc) is 3.70. The molecule has 0 fully saturated rings. The van der Waals surface area contributed by atoms with Crippen molar-refractivity contribution in [3.8, 4) is 11.4 Å². The minimum atomic E-state index is -0.250. The lowest BCUT2D eigenvalue weighted by atomic mass is 10.0. The van der Waals surface area contributed by atoms with Crippen LogP contribution in [0.15, 0.2) is 127 Å². The number of carbonyl (C=O) groups excluding carboxylic acids is 2. The Bertz CT molecular complexity index is 2300. The Balaban J connectivity index is 1.33. The Morgan fingerprint density at radius 2 is 1.40 bits per heavy atom. The number of carbonyl (C=O) groups is 2. The lowest BCUT2D eigenvalue weighted by Crippen LogP contribution is -2.36. The lowest BCUT2D eigenvalue weighted by molar-refractivity contribution is 0.0984. The molecule has 6 aromatic rings. The maximum Gasteiger partial charge on any atom is 0.261 e. The highest BCUT2D eigenvalue weighted by atomic mass is 16.2. The van der Waals surface area contributed by atoms with Crippen molar-refractivity contribution < 1.29 is 9.59 Å². The van der Waals surface area contributed by atoms with E-state index in [-0.39, 0.29) is 11.8 Å². The number of aliphatic imine (C=N–C) groups is 1. The molecule has 4 aromatic carbocycles. The number of nitrogens with zero attached hydrogens (tertiary/aromatic N) is 8. The highest BCUT2D eigenvalue weighted by Crippen LogP contribution is 2.40. The van der Waals surface area contributed by atoms with Crippen molar-refractivity contribution in [2.75, 3.05) is 28.8 Å². The molecule has 1 aliphatic heterocycles. The molecule has 3 heterocycles. The molecule has 248 valence electrons. The molecule has 50 heavy (non-hydrogen) atoms. The highest BCUT2D eigenvalue weighted by Gasteiger charge is 2.34. The van der Waals surface area contributed by atoms with Gasteiger partial charge in [-0.2, -0.15) is 10.2 Å². The van der Waals surface area contributed by atoms with E-state index in [1.165, 1.54) is 0 Å². The van der Waals surface area contributed by atoms with Gasteiger partial charge in [-0.3, -0.25) is 24.3 Å². The van der Waals surface area contributed by atoms with Gasteiger partial charge in [-0.15, -0.1) is 0 Å². The Hall–Kier alpha value is -6.55. The number of amides is 2. The first-order valence-electron chi connectivity index (χ1n) is 16.2. The van der Waals surface area contributed by atoms with Gasteiger partial charge in [-0.1, -0.05) is 67.2 Å². The van der Waals surface area contributed by atoms with Gasteiger partial charge in [0.25, 0.3) is 11.8 Å². The topological polar surface area (TPSA) is 91.9 Å². The number of aryl methyl sites for hydroxylation is 2. The minimum Gasteiger partial charge on any atom is -0.298 e. The van der Waals surface area contributed by atoms with Gasteiger partial charge in [0.1, 0.15) is 17.5 Å². The van der Waals surface area contributed by atoms with E-state index in [9.17, 15) is 9.59 Å². The number of anilines is 3. The third-order valence-corrected chi connectivity index (χ3v) is 8.80. The van der Waals surface area contributed by atoms with Crippen LogP contribution in [-0.4, -0.2) is 51.3 Å². The van der Waals surface area contributed by atoms with E-state index in [0.29, 0.717) is 56.9 Å². The summed E-state index contributed by atoms with van der Waals surface area (Å²) in [5.41, 5.74) is 6.42. The van der Waals surface area contributed by atoms with Gasteiger partial charge < -0.3 is 0 Å². The fraction of sp³-hybridized carbons (Fsp3) is 0.125. The van der Waals surface area contributed by atoms with Crippen molar-refractivity contribution in [1.29, 1.82) is 0 Å². The molecule has 2 aromatic heterocycles. The largest absolute Gasteiger partial charge is 0.298 e. The fourth-order valence-electron chi connectivity index (χ4n) is 6.41. The van der Waals surface area contributed by atoms with E-state index in [1.54, 1.807) is 45.4 Å². The van der Waals surface area contributed by atoms with E-state index in [2.05, 4.69) is 11.7 Å². The van der Waals surface area contributed by atoms with Crippen LogP contribution in [0.4, 0.5) is 23.0 Å². The molecule has 0 unspecified atom stereocenters. The number of hydrogen-bond donors (Lipinski definition) is 0. The van der Waals surface area contributed by atoms with Gasteiger partial charge in [0.05, 0.1) is 56.5 Å². The van der Waals surface area contributed by atoms with Crippen LogP contribution in [0.1, 0.15) is 44.6 Å². The van der Waals surface area contributed by atoms with Crippen LogP contribution in [0, 0.1) is 13.8 Å². The van der Waals surface area contributed by atoms with Crippen molar-refractivity contribution >= 4 is 46.4 Å². The first-order chi connectivity index (χ1) is 24.2. The van der Waals surface area contributed by atoms with Gasteiger partial charge in [0.15, 0.2) is 0 Å². The number of amidine groups is 1. The predicted octanol–water partition coefficient (Wildman–Crippen LogP) is 7.77. The summed E-state index contributed by atoms with van der Waals surface area (Å²) >= 11 is 0. The Kier molecular flexibility index (Phi) is 8.20. The number of hydrogen-bond acceptors (Lipinski definition) is 5. The van der Waals surface area contributed by atoms with E-state index in [0.717, 1.165) is 17.1 Å². The summed E-state index contributed by atoms with van der Waals surface area (Å²) < 4.78 is 3.53. The first-order valence-corrected chi connectivity index (χ1v) is 16.2. The molecule has 1 aliphatic rings. The molecule has 2 amide bonds. The Morgan fingerprint density at radius 1 is 0.800 bits per heavy atom. The van der Waals surface area contributed by atoms with E-state index < -0.39 is 0 Å². The zero-order valence-electron chi connectivity index (χ0n) is 28.6. The Morgan fingerprint density at radius 3 is 2.10 bits per heavy atom. The zero-order valence-corrected chi connectivity index (χ0v) is 28.6. The summed E-state index contributed by atoms with van der Waals surface area (Å²) in [5.74, 6) is 1.29. The second-order valence-electron chi connectivity index (χ2n) is 12.1. The number of aromatic nitrogens is 4. The molecule has 0 bridgehead atoms. The molecule has 0 spiro atoms. The average molecular weight is 661 g/mol. The van der Waals surface area contributed by atoms with E-state index >= 15 is 0 Å². The predicted molar refractivity (Wildman–Crippen MR) is 199 cm³/mol. The van der Waals surface area contributed by atoms with Gasteiger partial charge in [0.2, 0.25) is 0 Å². The third kappa shape index (κ3) is 5.46. The zero-order chi connectivity index (χ0) is 35.1. The molecule has 10 heteroatoms. The number of rotatable bonds is 5. The van der Waals surface area contributed by atoms with Crippen LogP contribution in [0.25, 0.3) is 17.1 Å². The quantitative estimate of drug-likeness (QED) is 0.139. The van der Waals surface area contributed by atoms with E-state index in [4.69, 9.17) is 10.1 Å². The molecule has 0 radical (unpaired) electrons. The third-order valence-electron chi connectivity index (χ3n) is 8.80. The van der Waals surface area contributed by atoms with E-state index in [1.807, 2.05) is 129 Å². The maximum atomic E-state index is 14.2. The molecule has 0 aliphatic carbocycles. The van der Waals surface area contributed by atoms with Crippen LogP contribution >= 0.6 is 0 Å². The molecule has 0 saturated carbocycles. The smallest absolute Gasteiger partial charge is 0.261 e. The van der Waals surface area contributed by atoms with Crippen LogP contribution in [0.2, 0.25) is 0 Å². The van der Waals surface area contributed by atoms with Crippen LogP contribution < -0.4 is 14.7 Å². The van der Waals surface area contributed by atoms with Crippen LogP contribution in [0.3, 0.4) is 0 Å². The second kappa shape index (κ2) is 12.8. The van der Waals surface area contributed by atoms with Crippen molar-refractivity contribution in [3.63, 3.8) is 0 Å². The van der Waals surface area contributed by atoms with Crippen molar-refractivity contribution in [2.24, 2.45) is 4.99 Å². The lowest BCUT2D eigenvalue weighted by Gasteiger charge is -2.33. The van der Waals surface area contributed by atoms with Crippen LogP contribution in [-0.2, 0) is 0 Å². The van der Waals surface area contributed by atoms with Gasteiger partial charge >= 0.3 is 0 Å².